The van der Waals surface area contributed by atoms with Crippen molar-refractivity contribution in [2.24, 2.45) is 0 Å². The first-order chi connectivity index (χ1) is 6.24. The summed E-state index contributed by atoms with van der Waals surface area (Å²) >= 11 is 0. The van der Waals surface area contributed by atoms with Crippen molar-refractivity contribution < 1.29 is 13.9 Å². The van der Waals surface area contributed by atoms with Crippen molar-refractivity contribution in [3.8, 4) is 0 Å². The average molecular weight is 204 g/mol. The van der Waals surface area contributed by atoms with Gasteiger partial charge in [-0.15, -0.1) is 6.58 Å². The lowest BCUT2D eigenvalue weighted by Gasteiger charge is -2.29. The van der Waals surface area contributed by atoms with E-state index >= 15 is 0 Å². The van der Waals surface area contributed by atoms with Gasteiger partial charge < -0.3 is 13.9 Å². The lowest BCUT2D eigenvalue weighted by atomic mass is 10.2. The van der Waals surface area contributed by atoms with Gasteiger partial charge in [-0.05, 0) is 19.3 Å². The Kier molecular flexibility index (Phi) is 7.17. The molecule has 0 saturated heterocycles. The normalized spacial score (nSPS) is 11.8. The molecule has 0 aromatic carbocycles. The van der Waals surface area contributed by atoms with Gasteiger partial charge in [-0.1, -0.05) is 6.08 Å². The number of methoxy groups -OCH3 is 2. The van der Waals surface area contributed by atoms with Crippen LogP contribution in [0, 0.1) is 0 Å². The van der Waals surface area contributed by atoms with Crippen molar-refractivity contribution in [1.29, 1.82) is 0 Å². The standard InChI is InChI=1S/C9H20O3Si/c1-4-5-6-7-8-9(10-2,11-3)12-13/h4H,1,5-8H2,2-3,13H3. The number of unbranched alkanes of at least 4 members (excludes halogenated alkanes) is 2. The van der Waals surface area contributed by atoms with Gasteiger partial charge in [-0.25, -0.2) is 0 Å². The SMILES string of the molecule is C=CCCCCC(OC)(OC)O[SiH3]. The van der Waals surface area contributed by atoms with Gasteiger partial charge in [0, 0.05) is 20.6 Å². The number of hydrogen-bond acceptors (Lipinski definition) is 3. The molecule has 3 nitrogen and oxygen atoms in total. The topological polar surface area (TPSA) is 27.7 Å². The van der Waals surface area contributed by atoms with Crippen molar-refractivity contribution in [3.63, 3.8) is 0 Å². The van der Waals surface area contributed by atoms with E-state index in [2.05, 4.69) is 6.58 Å². The first-order valence-corrected chi connectivity index (χ1v) is 5.32. The summed E-state index contributed by atoms with van der Waals surface area (Å²) in [6.07, 6.45) is 5.85. The molecule has 0 fully saturated rings. The third-order valence-electron chi connectivity index (χ3n) is 2.07. The largest absolute Gasteiger partial charge is 0.380 e. The molecule has 0 radical (unpaired) electrons. The summed E-state index contributed by atoms with van der Waals surface area (Å²) < 4.78 is 15.6. The molecule has 0 unspecified atom stereocenters. The zero-order chi connectivity index (χ0) is 10.2. The van der Waals surface area contributed by atoms with Gasteiger partial charge in [0.25, 0.3) is 5.97 Å². The third kappa shape index (κ3) is 4.57. The van der Waals surface area contributed by atoms with E-state index in [0.717, 1.165) is 25.7 Å². The molecule has 0 atom stereocenters. The maximum absolute atomic E-state index is 5.29. The van der Waals surface area contributed by atoms with E-state index in [0.29, 0.717) is 10.5 Å². The van der Waals surface area contributed by atoms with Crippen LogP contribution in [0.15, 0.2) is 12.7 Å². The second kappa shape index (κ2) is 7.26. The average Bonchev–Trinajstić information content (AvgIpc) is 2.20. The molecule has 0 amide bonds. The number of rotatable bonds is 8. The number of hydrogen-bond donors (Lipinski definition) is 0. The molecular formula is C9H20O3Si. The summed E-state index contributed by atoms with van der Waals surface area (Å²) in [6, 6.07) is 0. The highest BCUT2D eigenvalue weighted by molar-refractivity contribution is 5.98. The molecule has 0 heterocycles. The Labute approximate surface area is 83.6 Å². The van der Waals surface area contributed by atoms with Crippen LogP contribution in [0.25, 0.3) is 0 Å². The van der Waals surface area contributed by atoms with Gasteiger partial charge in [0.2, 0.25) is 0 Å². The highest BCUT2D eigenvalue weighted by Crippen LogP contribution is 2.20. The lowest BCUT2D eigenvalue weighted by Crippen LogP contribution is -2.36. The first-order valence-electron chi connectivity index (χ1n) is 4.51. The van der Waals surface area contributed by atoms with Crippen LogP contribution in [0.5, 0.6) is 0 Å². The van der Waals surface area contributed by atoms with Crippen LogP contribution in [0.4, 0.5) is 0 Å². The van der Waals surface area contributed by atoms with Crippen LogP contribution in [0.3, 0.4) is 0 Å². The Morgan fingerprint density at radius 1 is 1.31 bits per heavy atom. The molecule has 0 aromatic heterocycles. The molecule has 0 aliphatic rings. The Bertz CT molecular complexity index is 127. The minimum absolute atomic E-state index is 0.615. The van der Waals surface area contributed by atoms with Crippen LogP contribution in [0.1, 0.15) is 25.7 Å². The van der Waals surface area contributed by atoms with E-state index in [-0.39, 0.29) is 0 Å². The molecule has 0 aliphatic carbocycles. The Balaban J connectivity index is 3.74. The maximum atomic E-state index is 5.29. The van der Waals surface area contributed by atoms with E-state index in [1.807, 2.05) is 6.08 Å². The summed E-state index contributed by atoms with van der Waals surface area (Å²) in [7, 11) is 3.83. The van der Waals surface area contributed by atoms with Gasteiger partial charge in [0.05, 0.1) is 0 Å². The molecule has 78 valence electrons. The lowest BCUT2D eigenvalue weighted by molar-refractivity contribution is -0.325. The van der Waals surface area contributed by atoms with E-state index in [1.54, 1.807) is 14.2 Å². The fourth-order valence-electron chi connectivity index (χ4n) is 1.19. The summed E-state index contributed by atoms with van der Waals surface area (Å²) in [5.41, 5.74) is 0. The van der Waals surface area contributed by atoms with Gasteiger partial charge in [-0.2, -0.15) is 0 Å². The summed E-state index contributed by atoms with van der Waals surface area (Å²) in [4.78, 5) is 0. The zero-order valence-electron chi connectivity index (χ0n) is 8.84. The van der Waals surface area contributed by atoms with Gasteiger partial charge in [0.1, 0.15) is 0 Å². The van der Waals surface area contributed by atoms with Crippen molar-refractivity contribution >= 4 is 10.5 Å². The highest BCUT2D eigenvalue weighted by Gasteiger charge is 2.27. The predicted molar refractivity (Wildman–Crippen MR) is 56.4 cm³/mol. The highest BCUT2D eigenvalue weighted by atomic mass is 28.2. The molecule has 0 aliphatic heterocycles. The Morgan fingerprint density at radius 2 is 1.92 bits per heavy atom. The van der Waals surface area contributed by atoms with E-state index in [1.165, 1.54) is 0 Å². The molecule has 0 bridgehead atoms. The molecule has 0 aromatic rings. The molecule has 0 rings (SSSR count). The fourth-order valence-corrected chi connectivity index (χ4v) is 1.72. The van der Waals surface area contributed by atoms with E-state index in [4.69, 9.17) is 13.9 Å². The molecule has 4 heteroatoms. The Hall–Kier alpha value is -0.163. The number of ether oxygens (including phenoxy) is 2. The van der Waals surface area contributed by atoms with Gasteiger partial charge >= 0.3 is 0 Å². The van der Waals surface area contributed by atoms with Gasteiger partial charge in [-0.3, -0.25) is 0 Å². The van der Waals surface area contributed by atoms with Crippen molar-refractivity contribution in [2.45, 2.75) is 31.7 Å². The van der Waals surface area contributed by atoms with Crippen LogP contribution in [0.2, 0.25) is 0 Å². The van der Waals surface area contributed by atoms with Crippen LogP contribution in [-0.4, -0.2) is 30.7 Å². The van der Waals surface area contributed by atoms with Crippen LogP contribution < -0.4 is 0 Å². The number of allylic oxidation sites excluding steroid dienone is 1. The summed E-state index contributed by atoms with van der Waals surface area (Å²) in [5.74, 6) is -0.798. The first kappa shape index (κ1) is 12.8. The molecule has 0 saturated carbocycles. The van der Waals surface area contributed by atoms with Crippen LogP contribution >= 0.6 is 0 Å². The maximum Gasteiger partial charge on any atom is 0.272 e. The second-order valence-corrected chi connectivity index (χ2v) is 3.24. The molecule has 13 heavy (non-hydrogen) atoms. The second-order valence-electron chi connectivity index (χ2n) is 2.83. The molecule has 0 N–H and O–H groups in total. The van der Waals surface area contributed by atoms with Gasteiger partial charge in [0.15, 0.2) is 10.5 Å². The molecule has 0 spiro atoms. The smallest absolute Gasteiger partial charge is 0.272 e. The van der Waals surface area contributed by atoms with E-state index < -0.39 is 5.97 Å². The van der Waals surface area contributed by atoms with Crippen molar-refractivity contribution in [1.82, 2.24) is 0 Å². The van der Waals surface area contributed by atoms with E-state index in [9.17, 15) is 0 Å². The van der Waals surface area contributed by atoms with Crippen molar-refractivity contribution in [3.05, 3.63) is 12.7 Å². The minimum atomic E-state index is -0.798. The quantitative estimate of drug-likeness (QED) is 0.255. The minimum Gasteiger partial charge on any atom is -0.380 e. The zero-order valence-corrected chi connectivity index (χ0v) is 10.8. The van der Waals surface area contributed by atoms with Crippen LogP contribution in [-0.2, 0) is 13.9 Å². The Morgan fingerprint density at radius 3 is 2.31 bits per heavy atom. The van der Waals surface area contributed by atoms with Crippen molar-refractivity contribution in [2.75, 3.05) is 14.2 Å². The summed E-state index contributed by atoms with van der Waals surface area (Å²) in [6.45, 7) is 3.67. The fraction of sp³-hybridized carbons (Fsp3) is 0.778. The summed E-state index contributed by atoms with van der Waals surface area (Å²) in [5, 5.41) is 0. The monoisotopic (exact) mass is 204 g/mol. The third-order valence-corrected chi connectivity index (χ3v) is 2.70. The molecular weight excluding hydrogens is 184 g/mol. The predicted octanol–water partition coefficient (Wildman–Crippen LogP) is 0.976.